The third kappa shape index (κ3) is 2.46. The van der Waals surface area contributed by atoms with Crippen molar-refractivity contribution in [2.24, 2.45) is 0 Å². The van der Waals surface area contributed by atoms with E-state index in [0.29, 0.717) is 6.61 Å². The summed E-state index contributed by atoms with van der Waals surface area (Å²) < 4.78 is 5.22. The highest BCUT2D eigenvalue weighted by atomic mass is 16.5. The van der Waals surface area contributed by atoms with Crippen LogP contribution < -0.4 is 0 Å². The van der Waals surface area contributed by atoms with E-state index >= 15 is 0 Å². The number of rotatable bonds is 3. The highest BCUT2D eigenvalue weighted by molar-refractivity contribution is 5.78. The monoisotopic (exact) mass is 260 g/mol. The maximum absolute atomic E-state index is 11.3. The van der Waals surface area contributed by atoms with E-state index < -0.39 is 0 Å². The normalized spacial score (nSPS) is 19.8. The van der Waals surface area contributed by atoms with Gasteiger partial charge in [0.2, 0.25) is 0 Å². The molecule has 1 aromatic carbocycles. The van der Waals surface area contributed by atoms with Gasteiger partial charge < -0.3 is 4.74 Å². The van der Waals surface area contributed by atoms with Crippen molar-refractivity contribution in [2.45, 2.75) is 58.0 Å². The van der Waals surface area contributed by atoms with Gasteiger partial charge in [-0.1, -0.05) is 33.8 Å². The standard InChI is InChI=1S/C17H24O2/c1-16(2)6-7-17(3,4)15-9-13(11-19-5)12(10-18)8-14(15)16/h8-10H,6-7,11H2,1-5H3. The topological polar surface area (TPSA) is 26.3 Å². The molecule has 0 fully saturated rings. The molecule has 104 valence electrons. The predicted molar refractivity (Wildman–Crippen MR) is 77.8 cm³/mol. The molecular weight excluding hydrogens is 236 g/mol. The van der Waals surface area contributed by atoms with Crippen LogP contribution in [0.25, 0.3) is 0 Å². The van der Waals surface area contributed by atoms with E-state index in [1.54, 1.807) is 7.11 Å². The Labute approximate surface area is 116 Å². The Balaban J connectivity index is 2.66. The van der Waals surface area contributed by atoms with Crippen LogP contribution >= 0.6 is 0 Å². The van der Waals surface area contributed by atoms with E-state index in [9.17, 15) is 4.79 Å². The van der Waals surface area contributed by atoms with Crippen molar-refractivity contribution in [3.8, 4) is 0 Å². The van der Waals surface area contributed by atoms with Crippen molar-refractivity contribution in [1.29, 1.82) is 0 Å². The van der Waals surface area contributed by atoms with Crippen LogP contribution in [0.3, 0.4) is 0 Å². The average Bonchev–Trinajstić information content (AvgIpc) is 2.35. The first kappa shape index (κ1) is 14.3. The third-order valence-corrected chi connectivity index (χ3v) is 4.54. The summed E-state index contributed by atoms with van der Waals surface area (Å²) >= 11 is 0. The zero-order valence-electron chi connectivity index (χ0n) is 12.7. The van der Waals surface area contributed by atoms with Crippen molar-refractivity contribution >= 4 is 6.29 Å². The van der Waals surface area contributed by atoms with Gasteiger partial charge in [0.25, 0.3) is 0 Å². The molecule has 0 spiro atoms. The molecule has 2 nitrogen and oxygen atoms in total. The van der Waals surface area contributed by atoms with E-state index in [1.165, 1.54) is 17.5 Å². The zero-order valence-corrected chi connectivity index (χ0v) is 12.7. The molecule has 2 heteroatoms. The Morgan fingerprint density at radius 2 is 1.63 bits per heavy atom. The van der Waals surface area contributed by atoms with E-state index in [2.05, 4.69) is 39.8 Å². The Morgan fingerprint density at radius 3 is 2.11 bits per heavy atom. The van der Waals surface area contributed by atoms with Gasteiger partial charge in [0.1, 0.15) is 6.29 Å². The van der Waals surface area contributed by atoms with Crippen LogP contribution in [-0.2, 0) is 22.2 Å². The minimum absolute atomic E-state index is 0.147. The largest absolute Gasteiger partial charge is 0.380 e. The van der Waals surface area contributed by atoms with E-state index in [1.807, 2.05) is 0 Å². The number of carbonyl (C=O) groups is 1. The van der Waals surface area contributed by atoms with Gasteiger partial charge in [-0.3, -0.25) is 4.79 Å². The molecule has 0 atom stereocenters. The number of fused-ring (bicyclic) bond motifs is 1. The number of hydrogen-bond acceptors (Lipinski definition) is 2. The summed E-state index contributed by atoms with van der Waals surface area (Å²) in [6.07, 6.45) is 3.29. The molecule has 1 aromatic rings. The summed E-state index contributed by atoms with van der Waals surface area (Å²) in [5.41, 5.74) is 4.80. The van der Waals surface area contributed by atoms with Crippen LogP contribution in [0, 0.1) is 0 Å². The van der Waals surface area contributed by atoms with Crippen LogP contribution in [0.5, 0.6) is 0 Å². The molecule has 0 aromatic heterocycles. The zero-order chi connectivity index (χ0) is 14.3. The molecule has 1 aliphatic rings. The summed E-state index contributed by atoms with van der Waals surface area (Å²) in [7, 11) is 1.67. The Morgan fingerprint density at radius 1 is 1.11 bits per heavy atom. The fourth-order valence-electron chi connectivity index (χ4n) is 3.07. The minimum atomic E-state index is 0.147. The van der Waals surface area contributed by atoms with Crippen molar-refractivity contribution in [3.63, 3.8) is 0 Å². The van der Waals surface area contributed by atoms with Crippen LogP contribution in [0.4, 0.5) is 0 Å². The first-order valence-corrected chi connectivity index (χ1v) is 6.94. The fraction of sp³-hybridized carbons (Fsp3) is 0.588. The quantitative estimate of drug-likeness (QED) is 0.768. The van der Waals surface area contributed by atoms with Crippen molar-refractivity contribution in [3.05, 3.63) is 34.4 Å². The van der Waals surface area contributed by atoms with Gasteiger partial charge in [-0.05, 0) is 46.4 Å². The lowest BCUT2D eigenvalue weighted by molar-refractivity contribution is 0.111. The van der Waals surface area contributed by atoms with Crippen LogP contribution in [-0.4, -0.2) is 13.4 Å². The van der Waals surface area contributed by atoms with Crippen molar-refractivity contribution in [2.75, 3.05) is 7.11 Å². The molecule has 0 radical (unpaired) electrons. The number of carbonyl (C=O) groups excluding carboxylic acids is 1. The van der Waals surface area contributed by atoms with Gasteiger partial charge in [0.15, 0.2) is 0 Å². The maximum Gasteiger partial charge on any atom is 0.150 e. The second-order valence-corrected chi connectivity index (χ2v) is 6.92. The van der Waals surface area contributed by atoms with Crippen molar-refractivity contribution in [1.82, 2.24) is 0 Å². The second-order valence-electron chi connectivity index (χ2n) is 6.92. The number of ether oxygens (including phenoxy) is 1. The molecule has 1 aliphatic carbocycles. The number of methoxy groups -OCH3 is 1. The molecule has 2 rings (SSSR count). The molecule has 0 N–H and O–H groups in total. The predicted octanol–water partition coefficient (Wildman–Crippen LogP) is 3.99. The van der Waals surface area contributed by atoms with Gasteiger partial charge in [-0.2, -0.15) is 0 Å². The van der Waals surface area contributed by atoms with E-state index in [-0.39, 0.29) is 10.8 Å². The molecular formula is C17H24O2. The summed E-state index contributed by atoms with van der Waals surface area (Å²) in [5.74, 6) is 0. The van der Waals surface area contributed by atoms with Crippen molar-refractivity contribution < 1.29 is 9.53 Å². The molecule has 0 bridgehead atoms. The lowest BCUT2D eigenvalue weighted by atomic mass is 9.62. The number of hydrogen-bond donors (Lipinski definition) is 0. The molecule has 19 heavy (non-hydrogen) atoms. The van der Waals surface area contributed by atoms with Gasteiger partial charge >= 0.3 is 0 Å². The maximum atomic E-state index is 11.3. The SMILES string of the molecule is COCc1cc2c(cc1C=O)C(C)(C)CCC2(C)C. The Hall–Kier alpha value is -1.15. The fourth-order valence-corrected chi connectivity index (χ4v) is 3.07. The molecule has 0 aliphatic heterocycles. The second kappa shape index (κ2) is 4.75. The van der Waals surface area contributed by atoms with Crippen LogP contribution in [0.2, 0.25) is 0 Å². The highest BCUT2D eigenvalue weighted by Gasteiger charge is 2.37. The first-order valence-electron chi connectivity index (χ1n) is 6.94. The molecule has 0 heterocycles. The first-order chi connectivity index (χ1) is 8.81. The molecule has 0 saturated carbocycles. The van der Waals surface area contributed by atoms with Gasteiger partial charge in [0, 0.05) is 12.7 Å². The molecule has 0 saturated heterocycles. The lowest BCUT2D eigenvalue weighted by Crippen LogP contribution is -2.34. The summed E-state index contributed by atoms with van der Waals surface area (Å²) in [6.45, 7) is 9.62. The summed E-state index contributed by atoms with van der Waals surface area (Å²) in [4.78, 5) is 11.3. The number of aldehydes is 1. The average molecular weight is 260 g/mol. The van der Waals surface area contributed by atoms with Gasteiger partial charge in [0.05, 0.1) is 6.61 Å². The Kier molecular flexibility index (Phi) is 3.57. The molecule has 0 amide bonds. The van der Waals surface area contributed by atoms with E-state index in [0.717, 1.165) is 23.8 Å². The van der Waals surface area contributed by atoms with Crippen LogP contribution in [0.15, 0.2) is 12.1 Å². The number of benzene rings is 1. The Bertz CT molecular complexity index is 498. The third-order valence-electron chi connectivity index (χ3n) is 4.54. The minimum Gasteiger partial charge on any atom is -0.380 e. The molecule has 0 unspecified atom stereocenters. The van der Waals surface area contributed by atoms with Crippen LogP contribution in [0.1, 0.15) is 67.6 Å². The van der Waals surface area contributed by atoms with Gasteiger partial charge in [-0.25, -0.2) is 0 Å². The van der Waals surface area contributed by atoms with E-state index in [4.69, 9.17) is 4.74 Å². The summed E-state index contributed by atoms with van der Waals surface area (Å²) in [5, 5.41) is 0. The summed E-state index contributed by atoms with van der Waals surface area (Å²) in [6, 6.07) is 4.26. The smallest absolute Gasteiger partial charge is 0.150 e. The highest BCUT2D eigenvalue weighted by Crippen LogP contribution is 2.46. The van der Waals surface area contributed by atoms with Gasteiger partial charge in [-0.15, -0.1) is 0 Å². The lowest BCUT2D eigenvalue weighted by Gasteiger charge is -2.42.